The molecule has 0 radical (unpaired) electrons. The van der Waals surface area contributed by atoms with Gasteiger partial charge in [-0.3, -0.25) is 14.5 Å². The maximum absolute atomic E-state index is 12.4. The van der Waals surface area contributed by atoms with Crippen LogP contribution in [0.15, 0.2) is 30.3 Å². The van der Waals surface area contributed by atoms with Crippen molar-refractivity contribution >= 4 is 11.8 Å². The van der Waals surface area contributed by atoms with Crippen LogP contribution in [0.25, 0.3) is 0 Å². The Morgan fingerprint density at radius 1 is 1.07 bits per heavy atom. The minimum atomic E-state index is -0.149. The van der Waals surface area contributed by atoms with Crippen LogP contribution in [0.5, 0.6) is 0 Å². The third-order valence-electron chi connectivity index (χ3n) is 6.16. The zero-order valence-electron chi connectivity index (χ0n) is 17.0. The van der Waals surface area contributed by atoms with Gasteiger partial charge in [-0.15, -0.1) is 0 Å². The van der Waals surface area contributed by atoms with E-state index in [0.717, 1.165) is 52.0 Å². The number of rotatable bonds is 7. The molecule has 0 spiro atoms. The number of carbonyl (C=O) groups excluding carboxylic acids is 2. The second-order valence-corrected chi connectivity index (χ2v) is 8.03. The summed E-state index contributed by atoms with van der Waals surface area (Å²) >= 11 is 0. The first-order chi connectivity index (χ1) is 13.7. The van der Waals surface area contributed by atoms with E-state index < -0.39 is 0 Å². The Labute approximate surface area is 168 Å². The smallest absolute Gasteiger partial charge is 0.239 e. The molecule has 6 nitrogen and oxygen atoms in total. The van der Waals surface area contributed by atoms with Crippen LogP contribution in [0.4, 0.5) is 0 Å². The maximum Gasteiger partial charge on any atom is 0.239 e. The van der Waals surface area contributed by atoms with E-state index in [2.05, 4.69) is 50.8 Å². The molecule has 2 fully saturated rings. The molecule has 0 aromatic heterocycles. The Bertz CT molecular complexity index is 629. The molecule has 0 saturated carbocycles. The summed E-state index contributed by atoms with van der Waals surface area (Å²) in [5.74, 6) is -0.119. The van der Waals surface area contributed by atoms with Crippen LogP contribution >= 0.6 is 0 Å². The van der Waals surface area contributed by atoms with Gasteiger partial charge in [-0.05, 0) is 57.3 Å². The molecule has 1 atom stereocenters. The lowest BCUT2D eigenvalue weighted by Crippen LogP contribution is -2.51. The number of benzene rings is 1. The Morgan fingerprint density at radius 2 is 1.82 bits per heavy atom. The first-order valence-corrected chi connectivity index (χ1v) is 10.6. The summed E-state index contributed by atoms with van der Waals surface area (Å²) in [4.78, 5) is 28.8. The van der Waals surface area contributed by atoms with E-state index in [-0.39, 0.29) is 24.3 Å². The maximum atomic E-state index is 12.4. The number of likely N-dealkylation sites (N-methyl/N-ethyl adjacent to an activating group) is 1. The number of nitrogens with one attached hydrogen (secondary N) is 2. The molecule has 2 saturated heterocycles. The monoisotopic (exact) mass is 386 g/mol. The highest BCUT2D eigenvalue weighted by atomic mass is 16.2. The van der Waals surface area contributed by atoms with Crippen LogP contribution < -0.4 is 10.6 Å². The van der Waals surface area contributed by atoms with Crippen molar-refractivity contribution in [2.75, 3.05) is 46.3 Å². The van der Waals surface area contributed by atoms with Gasteiger partial charge in [-0.25, -0.2) is 0 Å². The molecule has 1 aromatic rings. The van der Waals surface area contributed by atoms with Gasteiger partial charge in [0.1, 0.15) is 0 Å². The molecule has 28 heavy (non-hydrogen) atoms. The molecule has 0 unspecified atom stereocenters. The van der Waals surface area contributed by atoms with E-state index in [4.69, 9.17) is 0 Å². The van der Waals surface area contributed by atoms with Gasteiger partial charge < -0.3 is 15.5 Å². The molecule has 1 aromatic carbocycles. The van der Waals surface area contributed by atoms with Crippen LogP contribution in [0, 0.1) is 5.92 Å². The highest BCUT2D eigenvalue weighted by molar-refractivity contribution is 5.85. The summed E-state index contributed by atoms with van der Waals surface area (Å²) < 4.78 is 0. The molecule has 2 aliphatic heterocycles. The van der Waals surface area contributed by atoms with E-state index in [9.17, 15) is 9.59 Å². The van der Waals surface area contributed by atoms with Crippen molar-refractivity contribution in [3.8, 4) is 0 Å². The normalized spacial score (nSPS) is 22.0. The molecule has 0 aliphatic carbocycles. The lowest BCUT2D eigenvalue weighted by Gasteiger charge is -2.42. The highest BCUT2D eigenvalue weighted by Gasteiger charge is 2.31. The molecule has 2 N–H and O–H groups in total. The summed E-state index contributed by atoms with van der Waals surface area (Å²) in [5.41, 5.74) is 1.41. The van der Waals surface area contributed by atoms with Crippen LogP contribution in [0.3, 0.4) is 0 Å². The van der Waals surface area contributed by atoms with Crippen LogP contribution in [0.1, 0.15) is 31.2 Å². The number of nitrogens with zero attached hydrogens (tertiary/aromatic N) is 2. The summed E-state index contributed by atoms with van der Waals surface area (Å²) in [7, 11) is 1.59. The first kappa shape index (κ1) is 20.8. The van der Waals surface area contributed by atoms with Gasteiger partial charge in [-0.1, -0.05) is 30.3 Å². The number of hydrogen-bond acceptors (Lipinski definition) is 4. The fraction of sp³-hybridized carbons (Fsp3) is 0.636. The first-order valence-electron chi connectivity index (χ1n) is 10.6. The van der Waals surface area contributed by atoms with Gasteiger partial charge in [-0.2, -0.15) is 0 Å². The molecule has 2 aliphatic rings. The van der Waals surface area contributed by atoms with Crippen molar-refractivity contribution in [3.05, 3.63) is 35.9 Å². The van der Waals surface area contributed by atoms with Gasteiger partial charge in [0.05, 0.1) is 12.5 Å². The summed E-state index contributed by atoms with van der Waals surface area (Å²) in [5, 5.41) is 5.32. The predicted octanol–water partition coefficient (Wildman–Crippen LogP) is 1.27. The Morgan fingerprint density at radius 3 is 2.54 bits per heavy atom. The van der Waals surface area contributed by atoms with Gasteiger partial charge in [0.2, 0.25) is 11.8 Å². The SMILES string of the molecule is CNC(=O)CNC(=O)[C@@H]1CCCN(C2CCN(CCc3ccccc3)CC2)C1. The van der Waals surface area contributed by atoms with E-state index in [1.54, 1.807) is 7.05 Å². The van der Waals surface area contributed by atoms with Gasteiger partial charge >= 0.3 is 0 Å². The van der Waals surface area contributed by atoms with E-state index in [0.29, 0.717) is 6.04 Å². The number of amides is 2. The third kappa shape index (κ3) is 6.04. The second kappa shape index (κ2) is 10.6. The second-order valence-electron chi connectivity index (χ2n) is 8.03. The molecular weight excluding hydrogens is 352 g/mol. The van der Waals surface area contributed by atoms with Gasteiger partial charge in [0.25, 0.3) is 0 Å². The zero-order chi connectivity index (χ0) is 19.8. The molecule has 6 heteroatoms. The Hall–Kier alpha value is -1.92. The lowest BCUT2D eigenvalue weighted by molar-refractivity contribution is -0.130. The lowest BCUT2D eigenvalue weighted by atomic mass is 9.93. The average molecular weight is 387 g/mol. The molecule has 0 bridgehead atoms. The van der Waals surface area contributed by atoms with E-state index in [1.165, 1.54) is 18.4 Å². The minimum absolute atomic E-state index is 0.00881. The number of hydrogen-bond donors (Lipinski definition) is 2. The van der Waals surface area contributed by atoms with Crippen molar-refractivity contribution in [2.24, 2.45) is 5.92 Å². The predicted molar refractivity (Wildman–Crippen MR) is 111 cm³/mol. The van der Waals surface area contributed by atoms with Crippen LogP contribution in [-0.2, 0) is 16.0 Å². The average Bonchev–Trinajstić information content (AvgIpc) is 2.77. The summed E-state index contributed by atoms with van der Waals surface area (Å²) in [6, 6.07) is 11.3. The summed E-state index contributed by atoms with van der Waals surface area (Å²) in [6.45, 7) is 5.40. The zero-order valence-corrected chi connectivity index (χ0v) is 17.0. The van der Waals surface area contributed by atoms with Crippen molar-refractivity contribution in [3.63, 3.8) is 0 Å². The molecular formula is C22H34N4O2. The fourth-order valence-corrected chi connectivity index (χ4v) is 4.39. The number of piperidine rings is 2. The van der Waals surface area contributed by atoms with Crippen molar-refractivity contribution < 1.29 is 9.59 Å². The van der Waals surface area contributed by atoms with E-state index >= 15 is 0 Å². The molecule has 2 amide bonds. The summed E-state index contributed by atoms with van der Waals surface area (Å²) in [6.07, 6.45) is 5.46. The topological polar surface area (TPSA) is 64.7 Å². The highest BCUT2D eigenvalue weighted by Crippen LogP contribution is 2.24. The van der Waals surface area contributed by atoms with Gasteiger partial charge in [0.15, 0.2) is 0 Å². The number of likely N-dealkylation sites (tertiary alicyclic amines) is 2. The molecule has 154 valence electrons. The van der Waals surface area contributed by atoms with Crippen molar-refractivity contribution in [1.82, 2.24) is 20.4 Å². The Kier molecular flexibility index (Phi) is 7.86. The largest absolute Gasteiger partial charge is 0.358 e. The quantitative estimate of drug-likeness (QED) is 0.741. The third-order valence-corrected chi connectivity index (χ3v) is 6.16. The van der Waals surface area contributed by atoms with Gasteiger partial charge in [0, 0.05) is 26.2 Å². The minimum Gasteiger partial charge on any atom is -0.358 e. The van der Waals surface area contributed by atoms with Crippen LogP contribution in [0.2, 0.25) is 0 Å². The number of carbonyl (C=O) groups is 2. The fourth-order valence-electron chi connectivity index (χ4n) is 4.39. The molecule has 2 heterocycles. The van der Waals surface area contributed by atoms with E-state index in [1.807, 2.05) is 0 Å². The Balaban J connectivity index is 1.40. The van der Waals surface area contributed by atoms with Crippen molar-refractivity contribution in [1.29, 1.82) is 0 Å². The van der Waals surface area contributed by atoms with Crippen LogP contribution in [-0.4, -0.2) is 74.0 Å². The van der Waals surface area contributed by atoms with Crippen molar-refractivity contribution in [2.45, 2.75) is 38.1 Å². The molecule has 3 rings (SSSR count). The standard InChI is InChI=1S/C22H34N4O2/c1-23-21(27)16-24-22(28)19-8-5-12-26(17-19)20-10-14-25(15-11-20)13-9-18-6-3-2-4-7-18/h2-4,6-7,19-20H,5,8-17H2,1H3,(H,23,27)(H,24,28)/t19-/m1/s1.